The first-order valence-electron chi connectivity index (χ1n) is 6.44. The van der Waals surface area contributed by atoms with E-state index in [4.69, 9.17) is 4.74 Å². The summed E-state index contributed by atoms with van der Waals surface area (Å²) in [5, 5.41) is 6.69. The van der Waals surface area contributed by atoms with E-state index in [9.17, 15) is 0 Å². The number of hydrogen-bond donors (Lipinski definition) is 1. The minimum atomic E-state index is 0.150. The quantitative estimate of drug-likeness (QED) is 0.878. The zero-order valence-corrected chi connectivity index (χ0v) is 12.4. The predicted molar refractivity (Wildman–Crippen MR) is 79.4 cm³/mol. The lowest BCUT2D eigenvalue weighted by molar-refractivity contribution is 0.185. The maximum absolute atomic E-state index is 5.20. The van der Waals surface area contributed by atoms with Crippen LogP contribution in [-0.2, 0) is 11.3 Å². The van der Waals surface area contributed by atoms with Crippen LogP contribution in [0.25, 0.3) is 0 Å². The molecule has 1 atom stereocenters. The van der Waals surface area contributed by atoms with E-state index in [0.717, 1.165) is 5.01 Å². The largest absolute Gasteiger partial charge is 0.380 e. The Hall–Kier alpha value is -1.23. The van der Waals surface area contributed by atoms with Crippen molar-refractivity contribution in [3.05, 3.63) is 52.0 Å². The zero-order valence-electron chi connectivity index (χ0n) is 11.6. The minimum absolute atomic E-state index is 0.150. The predicted octanol–water partition coefficient (Wildman–Crippen LogP) is 3.38. The van der Waals surface area contributed by atoms with Gasteiger partial charge >= 0.3 is 0 Å². The van der Waals surface area contributed by atoms with Crippen molar-refractivity contribution in [3.63, 3.8) is 0 Å². The molecule has 0 saturated heterocycles. The molecule has 1 N–H and O–H groups in total. The van der Waals surface area contributed by atoms with Gasteiger partial charge in [-0.05, 0) is 25.0 Å². The molecule has 0 amide bonds. The van der Waals surface area contributed by atoms with E-state index in [2.05, 4.69) is 48.4 Å². The Labute approximate surface area is 118 Å². The number of thiazole rings is 1. The topological polar surface area (TPSA) is 34.1 Å². The molecule has 0 bridgehead atoms. The Morgan fingerprint density at radius 2 is 2.21 bits per heavy atom. The van der Waals surface area contributed by atoms with Crippen LogP contribution in [0.1, 0.15) is 36.0 Å². The average Bonchev–Trinajstić information content (AvgIpc) is 2.90. The van der Waals surface area contributed by atoms with E-state index in [-0.39, 0.29) is 6.04 Å². The van der Waals surface area contributed by atoms with Crippen LogP contribution >= 0.6 is 11.3 Å². The van der Waals surface area contributed by atoms with Gasteiger partial charge in [-0.3, -0.25) is 0 Å². The molecule has 1 unspecified atom stereocenters. The highest BCUT2D eigenvalue weighted by molar-refractivity contribution is 7.09. The van der Waals surface area contributed by atoms with Crippen LogP contribution in [0.2, 0.25) is 0 Å². The summed E-state index contributed by atoms with van der Waals surface area (Å²) in [7, 11) is 1.72. The second-order valence-electron chi connectivity index (χ2n) is 4.80. The molecule has 2 aromatic rings. The number of methoxy groups -OCH3 is 1. The fourth-order valence-corrected chi connectivity index (χ4v) is 2.77. The van der Waals surface area contributed by atoms with Gasteiger partial charge in [0.1, 0.15) is 5.01 Å². The summed E-state index contributed by atoms with van der Waals surface area (Å²) in [5.41, 5.74) is 2.42. The fraction of sp³-hybridized carbons (Fsp3) is 0.400. The van der Waals surface area contributed by atoms with Crippen molar-refractivity contribution >= 4 is 11.3 Å². The van der Waals surface area contributed by atoms with Crippen LogP contribution in [0.3, 0.4) is 0 Å². The molecule has 0 aliphatic rings. The Bertz CT molecular complexity index is 497. The van der Waals surface area contributed by atoms with E-state index >= 15 is 0 Å². The molecule has 1 heterocycles. The molecular weight excluding hydrogens is 256 g/mol. The van der Waals surface area contributed by atoms with Crippen molar-refractivity contribution in [2.75, 3.05) is 7.11 Å². The summed E-state index contributed by atoms with van der Waals surface area (Å²) in [6, 6.07) is 9.04. The van der Waals surface area contributed by atoms with Gasteiger partial charge in [0.25, 0.3) is 0 Å². The standard InChI is InChI=1S/C15H20N2OS/c1-11(2)17-14(15-16-7-8-19-15)13-6-4-5-12(9-13)10-18-3/h4-9,11,14,17H,10H2,1-3H3. The molecule has 1 aromatic carbocycles. The highest BCUT2D eigenvalue weighted by Gasteiger charge is 2.17. The number of nitrogens with one attached hydrogen (secondary N) is 1. The van der Waals surface area contributed by atoms with Gasteiger partial charge in [-0.15, -0.1) is 11.3 Å². The number of hydrogen-bond acceptors (Lipinski definition) is 4. The maximum Gasteiger partial charge on any atom is 0.114 e. The second-order valence-corrected chi connectivity index (χ2v) is 5.73. The van der Waals surface area contributed by atoms with Gasteiger partial charge in [0.05, 0.1) is 12.6 Å². The van der Waals surface area contributed by atoms with Gasteiger partial charge in [0.15, 0.2) is 0 Å². The number of ether oxygens (including phenoxy) is 1. The molecule has 3 nitrogen and oxygen atoms in total. The Morgan fingerprint density at radius 1 is 1.37 bits per heavy atom. The summed E-state index contributed by atoms with van der Waals surface area (Å²) < 4.78 is 5.20. The van der Waals surface area contributed by atoms with Gasteiger partial charge in [-0.1, -0.05) is 24.3 Å². The molecule has 0 aliphatic heterocycles. The fourth-order valence-electron chi connectivity index (χ4n) is 2.05. The van der Waals surface area contributed by atoms with Gasteiger partial charge in [0.2, 0.25) is 0 Å². The summed E-state index contributed by atoms with van der Waals surface area (Å²) in [6.45, 7) is 4.94. The normalized spacial score (nSPS) is 12.8. The molecule has 4 heteroatoms. The number of aromatic nitrogens is 1. The van der Waals surface area contributed by atoms with Crippen LogP contribution < -0.4 is 5.32 Å². The van der Waals surface area contributed by atoms with Crippen LogP contribution in [0.15, 0.2) is 35.8 Å². The molecule has 19 heavy (non-hydrogen) atoms. The van der Waals surface area contributed by atoms with E-state index < -0.39 is 0 Å². The molecule has 102 valence electrons. The number of benzene rings is 1. The summed E-state index contributed by atoms with van der Waals surface area (Å²) in [4.78, 5) is 4.45. The average molecular weight is 276 g/mol. The molecule has 0 aliphatic carbocycles. The van der Waals surface area contributed by atoms with Crippen molar-refractivity contribution in [1.82, 2.24) is 10.3 Å². The molecule has 2 rings (SSSR count). The highest BCUT2D eigenvalue weighted by atomic mass is 32.1. The minimum Gasteiger partial charge on any atom is -0.380 e. The van der Waals surface area contributed by atoms with Crippen LogP contribution in [0.4, 0.5) is 0 Å². The van der Waals surface area contributed by atoms with Crippen LogP contribution in [-0.4, -0.2) is 18.1 Å². The second kappa shape index (κ2) is 6.80. The maximum atomic E-state index is 5.20. The first-order valence-corrected chi connectivity index (χ1v) is 7.32. The SMILES string of the molecule is COCc1cccc(C(NC(C)C)c2nccs2)c1. The summed E-state index contributed by atoms with van der Waals surface area (Å²) >= 11 is 1.68. The van der Waals surface area contributed by atoms with E-state index in [1.54, 1.807) is 18.4 Å². The smallest absolute Gasteiger partial charge is 0.114 e. The molecule has 0 fully saturated rings. The van der Waals surface area contributed by atoms with Crippen molar-refractivity contribution < 1.29 is 4.74 Å². The third-order valence-electron chi connectivity index (χ3n) is 2.79. The third-order valence-corrected chi connectivity index (χ3v) is 3.63. The number of rotatable bonds is 6. The number of nitrogens with zero attached hydrogens (tertiary/aromatic N) is 1. The first kappa shape index (κ1) is 14.2. The van der Waals surface area contributed by atoms with E-state index in [1.807, 2.05) is 11.6 Å². The Balaban J connectivity index is 2.29. The van der Waals surface area contributed by atoms with Gasteiger partial charge in [-0.2, -0.15) is 0 Å². The molecule has 1 aromatic heterocycles. The zero-order chi connectivity index (χ0) is 13.7. The molecule has 0 saturated carbocycles. The Morgan fingerprint density at radius 3 is 2.84 bits per heavy atom. The molecule has 0 radical (unpaired) electrons. The van der Waals surface area contributed by atoms with Crippen molar-refractivity contribution in [2.24, 2.45) is 0 Å². The summed E-state index contributed by atoms with van der Waals surface area (Å²) in [5.74, 6) is 0. The monoisotopic (exact) mass is 276 g/mol. The van der Waals surface area contributed by atoms with Gasteiger partial charge in [-0.25, -0.2) is 4.98 Å². The highest BCUT2D eigenvalue weighted by Crippen LogP contribution is 2.25. The van der Waals surface area contributed by atoms with Crippen LogP contribution in [0, 0.1) is 0 Å². The molecular formula is C15H20N2OS. The van der Waals surface area contributed by atoms with E-state index in [1.165, 1.54) is 11.1 Å². The Kier molecular flexibility index (Phi) is 5.07. The van der Waals surface area contributed by atoms with Crippen molar-refractivity contribution in [2.45, 2.75) is 32.5 Å². The van der Waals surface area contributed by atoms with Gasteiger partial charge < -0.3 is 10.1 Å². The van der Waals surface area contributed by atoms with Gasteiger partial charge in [0, 0.05) is 24.7 Å². The van der Waals surface area contributed by atoms with Crippen LogP contribution in [0.5, 0.6) is 0 Å². The lowest BCUT2D eigenvalue weighted by atomic mass is 10.0. The first-order chi connectivity index (χ1) is 9.20. The lowest BCUT2D eigenvalue weighted by Gasteiger charge is -2.20. The lowest BCUT2D eigenvalue weighted by Crippen LogP contribution is -2.28. The summed E-state index contributed by atoms with van der Waals surface area (Å²) in [6.07, 6.45) is 1.86. The van der Waals surface area contributed by atoms with Crippen molar-refractivity contribution in [3.8, 4) is 0 Å². The molecule has 0 spiro atoms. The van der Waals surface area contributed by atoms with E-state index in [0.29, 0.717) is 12.6 Å². The third kappa shape index (κ3) is 3.86. The van der Waals surface area contributed by atoms with Crippen molar-refractivity contribution in [1.29, 1.82) is 0 Å².